The molecule has 0 heterocycles. The van der Waals surface area contributed by atoms with Crippen LogP contribution < -0.4 is 5.73 Å². The highest BCUT2D eigenvalue weighted by Crippen LogP contribution is 2.48. The van der Waals surface area contributed by atoms with Crippen molar-refractivity contribution in [1.82, 2.24) is 0 Å². The molecule has 0 saturated carbocycles. The van der Waals surface area contributed by atoms with Crippen LogP contribution in [0.15, 0.2) is 0 Å². The van der Waals surface area contributed by atoms with Crippen LogP contribution >= 0.6 is 0 Å². The normalized spacial score (nSPS) is 14.9. The Labute approximate surface area is 184 Å². The van der Waals surface area contributed by atoms with E-state index in [1.54, 1.807) is 21.3 Å². The molecule has 0 radical (unpaired) electrons. The van der Waals surface area contributed by atoms with Gasteiger partial charge in [0.15, 0.2) is 0 Å². The van der Waals surface area contributed by atoms with Crippen molar-refractivity contribution in [3.63, 3.8) is 0 Å². The lowest BCUT2D eigenvalue weighted by Crippen LogP contribution is -2.75. The van der Waals surface area contributed by atoms with Gasteiger partial charge in [-0.1, -0.05) is 105 Å². The van der Waals surface area contributed by atoms with Crippen molar-refractivity contribution in [2.45, 2.75) is 129 Å². The second-order valence-corrected chi connectivity index (χ2v) is 12.4. The van der Waals surface area contributed by atoms with Gasteiger partial charge in [-0.05, 0) is 24.7 Å². The molecule has 4 nitrogen and oxygen atoms in total. The molecule has 5 heteroatoms. The molecule has 0 aliphatic rings. The summed E-state index contributed by atoms with van der Waals surface area (Å²) in [6.45, 7) is 9.18. The minimum atomic E-state index is -3.03. The third-order valence-electron chi connectivity index (χ3n) is 7.02. The van der Waals surface area contributed by atoms with Gasteiger partial charge in [0.2, 0.25) is 0 Å². The van der Waals surface area contributed by atoms with Crippen molar-refractivity contribution in [2.24, 2.45) is 11.1 Å². The molecule has 0 aliphatic carbocycles. The largest absolute Gasteiger partial charge is 0.521 e. The zero-order valence-corrected chi connectivity index (χ0v) is 21.9. The third-order valence-corrected chi connectivity index (χ3v) is 10.6. The molecule has 0 spiro atoms. The summed E-state index contributed by atoms with van der Waals surface area (Å²) in [6.07, 6.45) is 18.0. The molecule has 1 unspecified atom stereocenters. The molecule has 2 N–H and O–H groups in total. The lowest BCUT2D eigenvalue weighted by molar-refractivity contribution is 0.0301. The summed E-state index contributed by atoms with van der Waals surface area (Å²) in [5, 5.41) is -0.565. The molecule has 0 aromatic rings. The smallest absolute Gasteiger partial charge is 0.376 e. The van der Waals surface area contributed by atoms with Crippen molar-refractivity contribution >= 4 is 8.80 Å². The molecule has 29 heavy (non-hydrogen) atoms. The molecule has 0 aromatic carbocycles. The second kappa shape index (κ2) is 15.8. The van der Waals surface area contributed by atoms with Gasteiger partial charge in [-0.2, -0.15) is 0 Å². The molecule has 176 valence electrons. The Balaban J connectivity index is 5.79. The minimum Gasteiger partial charge on any atom is -0.376 e. The molecule has 0 bridgehead atoms. The van der Waals surface area contributed by atoms with Gasteiger partial charge in [0, 0.05) is 21.3 Å². The molecule has 0 rings (SSSR count). The van der Waals surface area contributed by atoms with Gasteiger partial charge in [-0.15, -0.1) is 0 Å². The van der Waals surface area contributed by atoms with Crippen LogP contribution in [0.2, 0.25) is 0 Å². The van der Waals surface area contributed by atoms with E-state index in [0.29, 0.717) is 0 Å². The van der Waals surface area contributed by atoms with Crippen molar-refractivity contribution in [3.8, 4) is 0 Å². The van der Waals surface area contributed by atoms with E-state index in [0.717, 1.165) is 25.7 Å². The van der Waals surface area contributed by atoms with E-state index in [1.165, 1.54) is 70.6 Å². The molecule has 0 aromatic heterocycles. The van der Waals surface area contributed by atoms with E-state index in [4.69, 9.17) is 19.0 Å². The second-order valence-electron chi connectivity index (χ2n) is 9.13. The van der Waals surface area contributed by atoms with Crippen LogP contribution in [0.5, 0.6) is 0 Å². The van der Waals surface area contributed by atoms with Crippen LogP contribution in [-0.4, -0.2) is 35.3 Å². The predicted molar refractivity (Wildman–Crippen MR) is 128 cm³/mol. The average Bonchev–Trinajstić information content (AvgIpc) is 2.73. The number of rotatable bonds is 20. The topological polar surface area (TPSA) is 53.7 Å². The zero-order chi connectivity index (χ0) is 22.2. The van der Waals surface area contributed by atoms with Crippen molar-refractivity contribution < 1.29 is 13.3 Å². The Morgan fingerprint density at radius 2 is 0.931 bits per heavy atom. The standard InChI is InChI=1S/C24H53NO3Si/c1-8-11-14-17-20-23(4,21-18-15-12-9-2)24(25,22-19-16-13-10-3)29(26-5,27-6)28-7/h8-22,25H2,1-7H3. The molecule has 1 atom stereocenters. The molecule has 0 saturated heterocycles. The third kappa shape index (κ3) is 8.25. The van der Waals surface area contributed by atoms with Crippen LogP contribution in [0.25, 0.3) is 0 Å². The van der Waals surface area contributed by atoms with Crippen LogP contribution in [0, 0.1) is 5.41 Å². The zero-order valence-electron chi connectivity index (χ0n) is 20.9. The highest BCUT2D eigenvalue weighted by molar-refractivity contribution is 6.64. The van der Waals surface area contributed by atoms with Crippen LogP contribution in [-0.2, 0) is 13.3 Å². The summed E-state index contributed by atoms with van der Waals surface area (Å²) < 4.78 is 18.1. The number of nitrogens with two attached hydrogens (primary N) is 1. The Hall–Kier alpha value is 0.0569. The van der Waals surface area contributed by atoms with Crippen LogP contribution in [0.4, 0.5) is 0 Å². The fraction of sp³-hybridized carbons (Fsp3) is 1.00. The Morgan fingerprint density at radius 3 is 1.24 bits per heavy atom. The van der Waals surface area contributed by atoms with Gasteiger partial charge in [0.05, 0.1) is 5.16 Å². The Morgan fingerprint density at radius 1 is 0.586 bits per heavy atom. The Kier molecular flexibility index (Phi) is 15.8. The first-order valence-electron chi connectivity index (χ1n) is 12.3. The van der Waals surface area contributed by atoms with Gasteiger partial charge >= 0.3 is 8.80 Å². The summed E-state index contributed by atoms with van der Waals surface area (Å²) in [4.78, 5) is 0. The SMILES string of the molecule is CCCCCCC(C)(CCCCCC)C(N)(CCCCCC)[Si](OC)(OC)OC. The van der Waals surface area contributed by atoms with E-state index in [-0.39, 0.29) is 5.41 Å². The highest BCUT2D eigenvalue weighted by Gasteiger charge is 2.64. The molecule has 0 fully saturated rings. The summed E-state index contributed by atoms with van der Waals surface area (Å²) in [5.41, 5.74) is 7.34. The monoisotopic (exact) mass is 431 g/mol. The van der Waals surface area contributed by atoms with E-state index in [2.05, 4.69) is 27.7 Å². The highest BCUT2D eigenvalue weighted by atomic mass is 28.4. The first kappa shape index (κ1) is 29.1. The van der Waals surface area contributed by atoms with E-state index < -0.39 is 14.0 Å². The average molecular weight is 432 g/mol. The number of hydrogen-bond acceptors (Lipinski definition) is 4. The molecular weight excluding hydrogens is 378 g/mol. The first-order chi connectivity index (χ1) is 13.9. The minimum absolute atomic E-state index is 0.0467. The van der Waals surface area contributed by atoms with E-state index >= 15 is 0 Å². The van der Waals surface area contributed by atoms with Crippen molar-refractivity contribution in [1.29, 1.82) is 0 Å². The maximum atomic E-state index is 7.39. The predicted octanol–water partition coefficient (Wildman–Crippen LogP) is 7.02. The number of unbranched alkanes of at least 4 members (excludes halogenated alkanes) is 9. The van der Waals surface area contributed by atoms with Crippen molar-refractivity contribution in [3.05, 3.63) is 0 Å². The summed E-state index contributed by atoms with van der Waals surface area (Å²) in [7, 11) is 2.15. The fourth-order valence-electron chi connectivity index (χ4n) is 4.91. The van der Waals surface area contributed by atoms with Gasteiger partial charge in [0.1, 0.15) is 0 Å². The maximum Gasteiger partial charge on any atom is 0.521 e. The quantitative estimate of drug-likeness (QED) is 0.166. The van der Waals surface area contributed by atoms with E-state index in [1.807, 2.05) is 0 Å². The molecule has 0 aliphatic heterocycles. The first-order valence-corrected chi connectivity index (χ1v) is 14.0. The van der Waals surface area contributed by atoms with Gasteiger partial charge in [0.25, 0.3) is 0 Å². The van der Waals surface area contributed by atoms with Crippen LogP contribution in [0.1, 0.15) is 124 Å². The lowest BCUT2D eigenvalue weighted by atomic mass is 9.71. The van der Waals surface area contributed by atoms with Gasteiger partial charge < -0.3 is 19.0 Å². The maximum absolute atomic E-state index is 7.39. The molecule has 0 amide bonds. The van der Waals surface area contributed by atoms with Gasteiger partial charge in [-0.25, -0.2) is 0 Å². The van der Waals surface area contributed by atoms with E-state index in [9.17, 15) is 0 Å². The Bertz CT molecular complexity index is 370. The molecular formula is C24H53NO3Si. The number of hydrogen-bond donors (Lipinski definition) is 1. The van der Waals surface area contributed by atoms with Crippen LogP contribution in [0.3, 0.4) is 0 Å². The summed E-state index contributed by atoms with van der Waals surface area (Å²) in [5.74, 6) is 0. The fourth-order valence-corrected chi connectivity index (χ4v) is 7.97. The lowest BCUT2D eigenvalue weighted by Gasteiger charge is -2.52. The van der Waals surface area contributed by atoms with Crippen molar-refractivity contribution in [2.75, 3.05) is 21.3 Å². The van der Waals surface area contributed by atoms with Gasteiger partial charge in [-0.3, -0.25) is 0 Å². The summed E-state index contributed by atoms with van der Waals surface area (Å²) >= 11 is 0. The summed E-state index contributed by atoms with van der Waals surface area (Å²) in [6, 6.07) is 0.